The van der Waals surface area contributed by atoms with E-state index in [9.17, 15) is 50.8 Å². The number of rotatable bonds is 15. The van der Waals surface area contributed by atoms with Gasteiger partial charge in [-0.1, -0.05) is 72.8 Å². The van der Waals surface area contributed by atoms with Crippen LogP contribution in [0.2, 0.25) is 0 Å². The van der Waals surface area contributed by atoms with Crippen LogP contribution in [0.3, 0.4) is 0 Å². The van der Waals surface area contributed by atoms with Gasteiger partial charge < -0.3 is 55.4 Å². The van der Waals surface area contributed by atoms with Crippen LogP contribution in [0.15, 0.2) is 66.7 Å². The normalized spacial score (nSPS) is 27.2. The van der Waals surface area contributed by atoms with E-state index in [0.717, 1.165) is 0 Å². The Morgan fingerprint density at radius 3 is 2.10 bits per heavy atom. The molecule has 0 aliphatic carbocycles. The Balaban J connectivity index is 1.89. The number of hydrogen-bond donors (Lipinski definition) is 10. The van der Waals surface area contributed by atoms with Crippen LogP contribution >= 0.6 is 0 Å². The van der Waals surface area contributed by atoms with Crippen LogP contribution in [-0.2, 0) is 20.7 Å². The number of nitrogens with one attached hydrogen (secondary N) is 1. The van der Waals surface area contributed by atoms with Gasteiger partial charge in [-0.2, -0.15) is 0 Å². The van der Waals surface area contributed by atoms with Gasteiger partial charge in [0.2, 0.25) is 0 Å². The third-order valence-corrected chi connectivity index (χ3v) is 7.03. The second kappa shape index (κ2) is 16.2. The number of carbonyl (C=O) groups is 1. The molecule has 13 heteroatoms. The molecule has 11 atom stereocenters. The molecule has 0 unspecified atom stereocenters. The lowest BCUT2D eigenvalue weighted by atomic mass is 9.94. The Hall–Kier alpha value is -2.79. The fourth-order valence-electron chi connectivity index (χ4n) is 4.59. The third-order valence-electron chi connectivity index (χ3n) is 7.03. The molecule has 3 rings (SSSR count). The average molecular weight is 594 g/mol. The molecule has 1 fully saturated rings. The van der Waals surface area contributed by atoms with Crippen molar-refractivity contribution in [2.75, 3.05) is 13.2 Å². The first-order valence-electron chi connectivity index (χ1n) is 13.4. The van der Waals surface area contributed by atoms with Crippen LogP contribution in [0.1, 0.15) is 11.1 Å². The lowest BCUT2D eigenvalue weighted by Gasteiger charge is -2.42. The molecule has 0 spiro atoms. The van der Waals surface area contributed by atoms with Crippen molar-refractivity contribution >= 4 is 12.0 Å². The summed E-state index contributed by atoms with van der Waals surface area (Å²) in [4.78, 5) is 12.2. The largest absolute Gasteiger partial charge is 0.480 e. The maximum atomic E-state index is 12.2. The highest BCUT2D eigenvalue weighted by molar-refractivity contribution is 5.74. The number of benzene rings is 2. The number of carboxylic acids is 1. The minimum absolute atomic E-state index is 0.0265. The zero-order chi connectivity index (χ0) is 30.8. The third kappa shape index (κ3) is 8.86. The molecule has 0 bridgehead atoms. The number of carboxylic acid groups (broad SMARTS) is 1. The molecule has 1 aliphatic rings. The van der Waals surface area contributed by atoms with Crippen molar-refractivity contribution in [3.63, 3.8) is 0 Å². The molecular formula is C29H39NO12. The molecule has 13 nitrogen and oxygen atoms in total. The van der Waals surface area contributed by atoms with E-state index in [2.05, 4.69) is 5.32 Å². The van der Waals surface area contributed by atoms with Crippen LogP contribution in [0.4, 0.5) is 0 Å². The molecule has 232 valence electrons. The Kier molecular flexibility index (Phi) is 13.0. The molecule has 0 radical (unpaired) electrons. The number of hydrogen-bond acceptors (Lipinski definition) is 12. The van der Waals surface area contributed by atoms with Crippen LogP contribution in [0, 0.1) is 0 Å². The second-order valence-electron chi connectivity index (χ2n) is 10.1. The predicted molar refractivity (Wildman–Crippen MR) is 148 cm³/mol. The Labute approximate surface area is 242 Å². The summed E-state index contributed by atoms with van der Waals surface area (Å²) in [5.74, 6) is -1.23. The molecule has 0 saturated carbocycles. The first kappa shape index (κ1) is 33.7. The van der Waals surface area contributed by atoms with Crippen molar-refractivity contribution in [2.45, 2.75) is 73.6 Å². The van der Waals surface area contributed by atoms with E-state index < -0.39 is 86.4 Å². The van der Waals surface area contributed by atoms with Gasteiger partial charge in [0.1, 0.15) is 54.9 Å². The summed E-state index contributed by atoms with van der Waals surface area (Å²) >= 11 is 0. The molecule has 0 aromatic heterocycles. The Morgan fingerprint density at radius 1 is 0.905 bits per heavy atom. The standard InChI is InChI=1S/C29H39NO12/c31-14-20(33)27(42-29-26(38)24(36)23(35)21(15-32)41-29)25(37)22(34)18(12-11-16-7-3-1-4-8-16)30-19(28(39)40)13-17-9-5-2-6-10-17/h1-12,18-27,29-38H,13-15H2,(H,39,40)/b12-11+/t18-,19-,20+,21+,22-,23+,24-,25+,26+,27+,29+/m0/s1. The smallest absolute Gasteiger partial charge is 0.321 e. The second-order valence-corrected chi connectivity index (χ2v) is 10.1. The molecule has 1 aliphatic heterocycles. The lowest BCUT2D eigenvalue weighted by molar-refractivity contribution is -0.327. The number of aliphatic hydroxyl groups excluding tert-OH is 8. The molecule has 1 saturated heterocycles. The molecule has 10 N–H and O–H groups in total. The Bertz CT molecular complexity index is 1100. The number of aliphatic carboxylic acids is 1. The van der Waals surface area contributed by atoms with Gasteiger partial charge in [-0.3, -0.25) is 10.1 Å². The minimum atomic E-state index is -2.02. The molecular weight excluding hydrogens is 554 g/mol. The van der Waals surface area contributed by atoms with Crippen LogP contribution in [-0.4, -0.2) is 132 Å². The van der Waals surface area contributed by atoms with Crippen molar-refractivity contribution < 1.29 is 60.2 Å². The number of aliphatic hydroxyl groups is 8. The summed E-state index contributed by atoms with van der Waals surface area (Å²) in [5, 5.41) is 95.3. The van der Waals surface area contributed by atoms with E-state index >= 15 is 0 Å². The fourth-order valence-corrected chi connectivity index (χ4v) is 4.59. The van der Waals surface area contributed by atoms with Crippen LogP contribution < -0.4 is 5.32 Å². The highest BCUT2D eigenvalue weighted by atomic mass is 16.7. The minimum Gasteiger partial charge on any atom is -0.480 e. The highest BCUT2D eigenvalue weighted by Gasteiger charge is 2.47. The van der Waals surface area contributed by atoms with Crippen molar-refractivity contribution in [1.82, 2.24) is 5.32 Å². The van der Waals surface area contributed by atoms with Crippen molar-refractivity contribution in [1.29, 1.82) is 0 Å². The zero-order valence-corrected chi connectivity index (χ0v) is 22.7. The van der Waals surface area contributed by atoms with Gasteiger partial charge in [-0.05, 0) is 17.5 Å². The van der Waals surface area contributed by atoms with Crippen LogP contribution in [0.25, 0.3) is 6.08 Å². The molecule has 0 amide bonds. The van der Waals surface area contributed by atoms with E-state index in [1.807, 2.05) is 0 Å². The molecule has 2 aromatic rings. The zero-order valence-electron chi connectivity index (χ0n) is 22.7. The summed E-state index contributed by atoms with van der Waals surface area (Å²) in [6, 6.07) is 15.1. The summed E-state index contributed by atoms with van der Waals surface area (Å²) in [6.07, 6.45) is -13.1. The van der Waals surface area contributed by atoms with Gasteiger partial charge in [-0.25, -0.2) is 0 Å². The summed E-state index contributed by atoms with van der Waals surface area (Å²) in [7, 11) is 0. The van der Waals surface area contributed by atoms with Gasteiger partial charge in [0.15, 0.2) is 6.29 Å². The Morgan fingerprint density at radius 2 is 1.52 bits per heavy atom. The van der Waals surface area contributed by atoms with E-state index in [1.54, 1.807) is 66.7 Å². The quantitative estimate of drug-likeness (QED) is 0.104. The highest BCUT2D eigenvalue weighted by Crippen LogP contribution is 2.25. The van der Waals surface area contributed by atoms with Gasteiger partial charge in [-0.15, -0.1) is 0 Å². The molecule has 42 heavy (non-hydrogen) atoms. The van der Waals surface area contributed by atoms with E-state index in [0.29, 0.717) is 11.1 Å². The van der Waals surface area contributed by atoms with Gasteiger partial charge in [0.25, 0.3) is 0 Å². The SMILES string of the molecule is O=C(O)[C@H](Cc1ccccc1)N[C@@H](/C=C/c1ccccc1)[C@H](O)[C@@H](O)[C@H](O[C@H]1O[C@H](CO)[C@@H](O)[C@H](O)[C@H]1O)[C@H](O)CO. The maximum absolute atomic E-state index is 12.2. The summed E-state index contributed by atoms with van der Waals surface area (Å²) < 4.78 is 10.8. The van der Waals surface area contributed by atoms with Crippen molar-refractivity contribution in [2.24, 2.45) is 0 Å². The van der Waals surface area contributed by atoms with Gasteiger partial charge in [0.05, 0.1) is 19.3 Å². The van der Waals surface area contributed by atoms with E-state index in [1.165, 1.54) is 6.08 Å². The maximum Gasteiger partial charge on any atom is 0.321 e. The molecule has 1 heterocycles. The first-order chi connectivity index (χ1) is 20.1. The van der Waals surface area contributed by atoms with Crippen molar-refractivity contribution in [3.8, 4) is 0 Å². The monoisotopic (exact) mass is 593 g/mol. The topological polar surface area (TPSA) is 230 Å². The van der Waals surface area contributed by atoms with E-state index in [4.69, 9.17) is 9.47 Å². The first-order valence-corrected chi connectivity index (χ1v) is 13.4. The average Bonchev–Trinajstić information content (AvgIpc) is 3.01. The van der Waals surface area contributed by atoms with Gasteiger partial charge in [0, 0.05) is 0 Å². The predicted octanol–water partition coefficient (Wildman–Crippen LogP) is -2.39. The van der Waals surface area contributed by atoms with Crippen LogP contribution in [0.5, 0.6) is 0 Å². The fraction of sp³-hybridized carbons (Fsp3) is 0.483. The summed E-state index contributed by atoms with van der Waals surface area (Å²) in [5.41, 5.74) is 1.39. The molecule has 2 aromatic carbocycles. The number of ether oxygens (including phenoxy) is 2. The lowest BCUT2D eigenvalue weighted by Crippen LogP contribution is -2.62. The van der Waals surface area contributed by atoms with E-state index in [-0.39, 0.29) is 6.42 Å². The van der Waals surface area contributed by atoms with Crippen molar-refractivity contribution in [3.05, 3.63) is 77.9 Å². The van der Waals surface area contributed by atoms with Gasteiger partial charge >= 0.3 is 5.97 Å². The summed E-state index contributed by atoms with van der Waals surface area (Å²) in [6.45, 7) is -1.73.